The van der Waals surface area contributed by atoms with Gasteiger partial charge in [-0.1, -0.05) is 6.42 Å². The van der Waals surface area contributed by atoms with Gasteiger partial charge in [0.25, 0.3) is 11.8 Å². The van der Waals surface area contributed by atoms with Gasteiger partial charge in [0.2, 0.25) is 6.08 Å². The highest BCUT2D eigenvalue weighted by molar-refractivity contribution is 6.22. The van der Waals surface area contributed by atoms with Crippen LogP contribution in [0.25, 0.3) is 0 Å². The summed E-state index contributed by atoms with van der Waals surface area (Å²) in [5.41, 5.74) is 1.03. The summed E-state index contributed by atoms with van der Waals surface area (Å²) in [7, 11) is 0. The van der Waals surface area contributed by atoms with E-state index in [-0.39, 0.29) is 11.6 Å². The Bertz CT molecular complexity index is 785. The highest BCUT2D eigenvalue weighted by atomic mass is 16.2. The van der Waals surface area contributed by atoms with Crippen LogP contribution >= 0.6 is 0 Å². The van der Waals surface area contributed by atoms with Crippen LogP contribution in [0.5, 0.6) is 0 Å². The van der Waals surface area contributed by atoms with E-state index in [9.17, 15) is 19.2 Å². The molecule has 136 valence electrons. The fourth-order valence-electron chi connectivity index (χ4n) is 3.58. The smallest absolute Gasteiger partial charge is 0.319 e. The van der Waals surface area contributed by atoms with Crippen LogP contribution in [-0.2, 0) is 4.79 Å². The Hall–Kier alpha value is -2.99. The number of rotatable bonds is 5. The maximum Gasteiger partial charge on any atom is 0.319 e. The molecule has 1 aliphatic heterocycles. The van der Waals surface area contributed by atoms with E-state index >= 15 is 0 Å². The number of hydrogen-bond acceptors (Lipinski definition) is 5. The van der Waals surface area contributed by atoms with E-state index in [0.29, 0.717) is 36.2 Å². The quantitative estimate of drug-likeness (QED) is 0.424. The Morgan fingerprint density at radius 3 is 2.77 bits per heavy atom. The maximum atomic E-state index is 12.1. The molecule has 0 spiro atoms. The van der Waals surface area contributed by atoms with Gasteiger partial charge in [-0.2, -0.15) is 0 Å². The first kappa shape index (κ1) is 17.8. The fraction of sp³-hybridized carbons (Fsp3) is 0.444. The fourth-order valence-corrected chi connectivity index (χ4v) is 3.58. The van der Waals surface area contributed by atoms with Crippen molar-refractivity contribution in [3.8, 4) is 0 Å². The van der Waals surface area contributed by atoms with E-state index in [0.717, 1.165) is 25.7 Å². The first-order chi connectivity index (χ1) is 12.6. The van der Waals surface area contributed by atoms with E-state index < -0.39 is 11.8 Å². The summed E-state index contributed by atoms with van der Waals surface area (Å²) in [6.45, 7) is 1.04. The van der Waals surface area contributed by atoms with Gasteiger partial charge >= 0.3 is 6.03 Å². The molecular formula is C18H20N4O4. The van der Waals surface area contributed by atoms with Crippen molar-refractivity contribution in [2.24, 2.45) is 16.8 Å². The highest BCUT2D eigenvalue weighted by Crippen LogP contribution is 2.28. The van der Waals surface area contributed by atoms with Crippen molar-refractivity contribution in [2.45, 2.75) is 25.7 Å². The summed E-state index contributed by atoms with van der Waals surface area (Å²) < 4.78 is 0. The molecule has 26 heavy (non-hydrogen) atoms. The molecule has 1 heterocycles. The first-order valence-electron chi connectivity index (χ1n) is 8.65. The van der Waals surface area contributed by atoms with Crippen LogP contribution in [0, 0.1) is 11.8 Å². The van der Waals surface area contributed by atoms with E-state index in [2.05, 4.69) is 20.9 Å². The average Bonchev–Trinajstić information content (AvgIpc) is 2.92. The average molecular weight is 356 g/mol. The topological polar surface area (TPSA) is 117 Å². The number of imide groups is 1. The number of nitrogens with one attached hydrogen (secondary N) is 3. The summed E-state index contributed by atoms with van der Waals surface area (Å²) in [6, 6.07) is 4.24. The third-order valence-electron chi connectivity index (χ3n) is 4.85. The van der Waals surface area contributed by atoms with Gasteiger partial charge in [0.05, 0.1) is 17.7 Å². The summed E-state index contributed by atoms with van der Waals surface area (Å²) in [5.74, 6) is -0.162. The van der Waals surface area contributed by atoms with Gasteiger partial charge < -0.3 is 10.6 Å². The Kier molecular flexibility index (Phi) is 5.43. The standard InChI is InChI=1S/C18H20N4O4/c23-10-19-8-11-2-1-3-12(6-11)9-20-18(26)21-13-4-5-14-15(7-13)17(25)22-16(14)24/h4-5,7,11-12H,1-3,6,8-9H2,(H2,20,21,26)(H,22,24,25). The molecule has 2 unspecified atom stereocenters. The molecule has 8 nitrogen and oxygen atoms in total. The summed E-state index contributed by atoms with van der Waals surface area (Å²) >= 11 is 0. The number of benzene rings is 1. The molecule has 0 aromatic heterocycles. The number of hydrogen-bond donors (Lipinski definition) is 3. The number of amides is 4. The first-order valence-corrected chi connectivity index (χ1v) is 8.65. The van der Waals surface area contributed by atoms with Crippen LogP contribution < -0.4 is 16.0 Å². The molecule has 1 aromatic rings. The second kappa shape index (κ2) is 7.93. The van der Waals surface area contributed by atoms with Crippen molar-refractivity contribution in [2.75, 3.05) is 18.4 Å². The zero-order valence-electron chi connectivity index (χ0n) is 14.2. The van der Waals surface area contributed by atoms with Crippen LogP contribution in [0.15, 0.2) is 23.2 Å². The lowest BCUT2D eigenvalue weighted by Gasteiger charge is -2.28. The Morgan fingerprint density at radius 1 is 1.19 bits per heavy atom. The molecule has 3 rings (SSSR count). The van der Waals surface area contributed by atoms with Crippen molar-refractivity contribution in [3.05, 3.63) is 29.3 Å². The number of nitrogens with zero attached hydrogens (tertiary/aromatic N) is 1. The molecule has 1 fully saturated rings. The van der Waals surface area contributed by atoms with Crippen LogP contribution in [0.1, 0.15) is 46.4 Å². The molecule has 3 N–H and O–H groups in total. The summed E-state index contributed by atoms with van der Waals surface area (Å²) in [4.78, 5) is 49.2. The zero-order valence-corrected chi connectivity index (χ0v) is 14.2. The molecule has 2 aliphatic rings. The molecule has 1 aromatic carbocycles. The molecule has 0 saturated heterocycles. The molecular weight excluding hydrogens is 336 g/mol. The van der Waals surface area contributed by atoms with Crippen LogP contribution in [0.2, 0.25) is 0 Å². The number of isocyanates is 1. The largest absolute Gasteiger partial charge is 0.338 e. The van der Waals surface area contributed by atoms with Crippen LogP contribution in [0.3, 0.4) is 0 Å². The number of urea groups is 1. The molecule has 0 bridgehead atoms. The van der Waals surface area contributed by atoms with Crippen molar-refractivity contribution in [3.63, 3.8) is 0 Å². The van der Waals surface area contributed by atoms with Gasteiger partial charge in [-0.05, 0) is 49.3 Å². The number of carbonyl (C=O) groups is 3. The zero-order chi connectivity index (χ0) is 18.5. The third kappa shape index (κ3) is 4.15. The summed E-state index contributed by atoms with van der Waals surface area (Å²) in [6.07, 6.45) is 5.63. The molecule has 1 aliphatic carbocycles. The van der Waals surface area contributed by atoms with Crippen molar-refractivity contribution < 1.29 is 19.2 Å². The maximum absolute atomic E-state index is 12.1. The van der Waals surface area contributed by atoms with Crippen molar-refractivity contribution in [1.29, 1.82) is 0 Å². The Balaban J connectivity index is 1.50. The van der Waals surface area contributed by atoms with Gasteiger partial charge in [-0.25, -0.2) is 14.6 Å². The normalized spacial score (nSPS) is 21.4. The number of carbonyl (C=O) groups excluding carboxylic acids is 4. The van der Waals surface area contributed by atoms with Gasteiger partial charge in [0.1, 0.15) is 0 Å². The van der Waals surface area contributed by atoms with E-state index in [1.807, 2.05) is 0 Å². The lowest BCUT2D eigenvalue weighted by atomic mass is 9.81. The lowest BCUT2D eigenvalue weighted by molar-refractivity contribution is 0.0879. The molecule has 0 radical (unpaired) electrons. The van der Waals surface area contributed by atoms with Crippen molar-refractivity contribution >= 4 is 29.6 Å². The minimum atomic E-state index is -0.458. The van der Waals surface area contributed by atoms with E-state index in [1.165, 1.54) is 12.1 Å². The van der Waals surface area contributed by atoms with Gasteiger partial charge in [0, 0.05) is 12.2 Å². The van der Waals surface area contributed by atoms with Crippen LogP contribution in [-0.4, -0.2) is 37.0 Å². The van der Waals surface area contributed by atoms with Crippen LogP contribution in [0.4, 0.5) is 10.5 Å². The third-order valence-corrected chi connectivity index (χ3v) is 4.85. The van der Waals surface area contributed by atoms with Gasteiger partial charge in [0.15, 0.2) is 0 Å². The van der Waals surface area contributed by atoms with E-state index in [1.54, 1.807) is 12.1 Å². The van der Waals surface area contributed by atoms with Gasteiger partial charge in [-0.3, -0.25) is 14.9 Å². The van der Waals surface area contributed by atoms with E-state index in [4.69, 9.17) is 0 Å². The Morgan fingerprint density at radius 2 is 1.96 bits per heavy atom. The second-order valence-corrected chi connectivity index (χ2v) is 6.71. The highest BCUT2D eigenvalue weighted by Gasteiger charge is 2.27. The summed E-state index contributed by atoms with van der Waals surface area (Å²) in [5, 5.41) is 7.73. The molecule has 1 saturated carbocycles. The molecule has 8 heteroatoms. The van der Waals surface area contributed by atoms with Gasteiger partial charge in [-0.15, -0.1) is 0 Å². The minimum absolute atomic E-state index is 0.263. The van der Waals surface area contributed by atoms with Crippen molar-refractivity contribution in [1.82, 2.24) is 10.6 Å². The molecule has 4 amide bonds. The Labute approximate surface area is 150 Å². The molecule has 2 atom stereocenters. The number of aliphatic imine (C=N–C) groups is 1. The lowest BCUT2D eigenvalue weighted by Crippen LogP contribution is -2.35. The second-order valence-electron chi connectivity index (χ2n) is 6.71. The monoisotopic (exact) mass is 356 g/mol. The predicted octanol–water partition coefficient (Wildman–Crippen LogP) is 1.83. The SMILES string of the molecule is O=C=NCC1CCCC(CNC(=O)Nc2ccc3c(c2)C(=O)NC3=O)C1. The number of anilines is 1. The predicted molar refractivity (Wildman–Crippen MR) is 93.7 cm³/mol. The number of fused-ring (bicyclic) bond motifs is 1. The minimum Gasteiger partial charge on any atom is -0.338 e.